The molecule has 1 saturated carbocycles. The molecule has 2 aromatic carbocycles. The van der Waals surface area contributed by atoms with Crippen molar-refractivity contribution in [1.29, 1.82) is 0 Å². The normalized spacial score (nSPS) is 17.2. The first-order valence-electron chi connectivity index (χ1n) is 9.17. The van der Waals surface area contributed by atoms with E-state index in [1.54, 1.807) is 30.3 Å². The van der Waals surface area contributed by atoms with Gasteiger partial charge in [-0.2, -0.15) is 0 Å². The summed E-state index contributed by atoms with van der Waals surface area (Å²) in [5.41, 5.74) is 2.46. The highest BCUT2D eigenvalue weighted by molar-refractivity contribution is 7.90. The predicted octanol–water partition coefficient (Wildman–Crippen LogP) is 3.27. The molecule has 1 fully saturated rings. The lowest BCUT2D eigenvalue weighted by Gasteiger charge is -2.21. The summed E-state index contributed by atoms with van der Waals surface area (Å²) in [5.74, 6) is 0.00329. The number of hydrogen-bond acceptors (Lipinski definition) is 4. The number of sulfonamides is 1. The molecule has 7 nitrogen and oxygen atoms in total. The molecule has 0 atom stereocenters. The number of hydrogen-bond donors (Lipinski definition) is 3. The van der Waals surface area contributed by atoms with Gasteiger partial charge >= 0.3 is 6.03 Å². The van der Waals surface area contributed by atoms with Gasteiger partial charge in [-0.05, 0) is 55.7 Å². The maximum atomic E-state index is 12.5. The fourth-order valence-corrected chi connectivity index (χ4v) is 4.93. The quantitative estimate of drug-likeness (QED) is 0.737. The largest absolute Gasteiger partial charge is 0.333 e. The molecule has 0 unspecified atom stereocenters. The van der Waals surface area contributed by atoms with E-state index in [9.17, 15) is 18.0 Å². The molecule has 3 amide bonds. The van der Waals surface area contributed by atoms with E-state index in [2.05, 4.69) is 10.6 Å². The number of benzene rings is 2. The van der Waals surface area contributed by atoms with E-state index in [0.717, 1.165) is 42.5 Å². The molecule has 0 bridgehead atoms. The van der Waals surface area contributed by atoms with Crippen LogP contribution < -0.4 is 15.4 Å². The molecule has 0 aromatic heterocycles. The fraction of sp³-hybridized carbons (Fsp3) is 0.300. The van der Waals surface area contributed by atoms with Gasteiger partial charge in [0.2, 0.25) is 5.91 Å². The Labute approximate surface area is 163 Å². The monoisotopic (exact) mass is 399 g/mol. The van der Waals surface area contributed by atoms with E-state index in [4.69, 9.17) is 0 Å². The van der Waals surface area contributed by atoms with Crippen LogP contribution in [-0.2, 0) is 20.2 Å². The van der Waals surface area contributed by atoms with Crippen molar-refractivity contribution in [1.82, 2.24) is 4.72 Å². The molecular formula is C20H21N3O4S. The molecule has 28 heavy (non-hydrogen) atoms. The van der Waals surface area contributed by atoms with Crippen molar-refractivity contribution in [3.05, 3.63) is 53.6 Å². The molecule has 4 rings (SSSR count). The lowest BCUT2D eigenvalue weighted by Crippen LogP contribution is -2.34. The number of carbonyl (C=O) groups is 2. The first-order valence-corrected chi connectivity index (χ1v) is 10.6. The van der Waals surface area contributed by atoms with Crippen LogP contribution in [0.25, 0.3) is 0 Å². The third-order valence-corrected chi connectivity index (χ3v) is 6.84. The second kappa shape index (κ2) is 6.63. The Morgan fingerprint density at radius 2 is 1.75 bits per heavy atom. The Hall–Kier alpha value is -2.87. The van der Waals surface area contributed by atoms with Crippen LogP contribution in [0.3, 0.4) is 0 Å². The minimum Gasteiger partial charge on any atom is -0.325 e. The molecule has 1 aliphatic heterocycles. The van der Waals surface area contributed by atoms with E-state index in [-0.39, 0.29) is 10.8 Å². The molecule has 1 aliphatic carbocycles. The summed E-state index contributed by atoms with van der Waals surface area (Å²) in [6.45, 7) is 1.85. The minimum absolute atomic E-state index is 0.00329. The molecule has 8 heteroatoms. The van der Waals surface area contributed by atoms with Gasteiger partial charge in [-0.3, -0.25) is 4.79 Å². The van der Waals surface area contributed by atoms with Gasteiger partial charge in [-0.25, -0.2) is 17.9 Å². The molecule has 1 heterocycles. The number of anilines is 2. The second-order valence-corrected chi connectivity index (χ2v) is 9.06. The van der Waals surface area contributed by atoms with E-state index in [1.807, 2.05) is 11.6 Å². The Morgan fingerprint density at radius 3 is 2.43 bits per heavy atom. The number of fused-ring (bicyclic) bond motifs is 2. The van der Waals surface area contributed by atoms with Crippen LogP contribution in [0.1, 0.15) is 36.8 Å². The number of nitrogens with one attached hydrogen (secondary N) is 3. The molecule has 2 aromatic rings. The van der Waals surface area contributed by atoms with Crippen LogP contribution in [0.5, 0.6) is 0 Å². The number of rotatable bonds is 3. The summed E-state index contributed by atoms with van der Waals surface area (Å²) < 4.78 is 26.7. The minimum atomic E-state index is -3.97. The third-order valence-electron chi connectivity index (χ3n) is 5.49. The van der Waals surface area contributed by atoms with Crippen LogP contribution in [-0.4, -0.2) is 20.4 Å². The average molecular weight is 399 g/mol. The maximum Gasteiger partial charge on any atom is 0.333 e. The zero-order chi connectivity index (χ0) is 19.9. The van der Waals surface area contributed by atoms with Gasteiger partial charge in [0.25, 0.3) is 10.0 Å². The maximum absolute atomic E-state index is 12.5. The summed E-state index contributed by atoms with van der Waals surface area (Å²) in [5, 5.41) is 5.47. The van der Waals surface area contributed by atoms with Gasteiger partial charge < -0.3 is 10.6 Å². The van der Waals surface area contributed by atoms with Gasteiger partial charge in [0.05, 0.1) is 10.3 Å². The Kier molecular flexibility index (Phi) is 4.38. The lowest BCUT2D eigenvalue weighted by molar-refractivity contribution is -0.120. The SMILES string of the molecule is Cc1ccc(S(=O)(=O)NC(=O)Nc2ccc3c(c2)C2(CCCC2)C(=O)N3)cc1. The molecule has 0 saturated heterocycles. The summed E-state index contributed by atoms with van der Waals surface area (Å²) in [6, 6.07) is 10.5. The van der Waals surface area contributed by atoms with E-state index >= 15 is 0 Å². The van der Waals surface area contributed by atoms with Gasteiger partial charge in [0.15, 0.2) is 0 Å². The van der Waals surface area contributed by atoms with Crippen molar-refractivity contribution in [2.75, 3.05) is 10.6 Å². The molecule has 0 radical (unpaired) electrons. The zero-order valence-corrected chi connectivity index (χ0v) is 16.2. The second-order valence-electron chi connectivity index (χ2n) is 7.38. The Balaban J connectivity index is 1.52. The third kappa shape index (κ3) is 3.13. The summed E-state index contributed by atoms with van der Waals surface area (Å²) in [7, 11) is -3.97. The smallest absolute Gasteiger partial charge is 0.325 e. The molecule has 1 spiro atoms. The molecule has 146 valence electrons. The summed E-state index contributed by atoms with van der Waals surface area (Å²) in [4.78, 5) is 24.7. The fourth-order valence-electron chi connectivity index (χ4n) is 4.02. The highest BCUT2D eigenvalue weighted by Crippen LogP contribution is 2.49. The van der Waals surface area contributed by atoms with Crippen molar-refractivity contribution < 1.29 is 18.0 Å². The van der Waals surface area contributed by atoms with Crippen molar-refractivity contribution in [3.8, 4) is 0 Å². The highest BCUT2D eigenvalue weighted by Gasteiger charge is 2.48. The average Bonchev–Trinajstić information content (AvgIpc) is 3.23. The van der Waals surface area contributed by atoms with E-state index in [1.165, 1.54) is 12.1 Å². The van der Waals surface area contributed by atoms with E-state index < -0.39 is 21.5 Å². The van der Waals surface area contributed by atoms with Crippen LogP contribution >= 0.6 is 0 Å². The summed E-state index contributed by atoms with van der Waals surface area (Å²) >= 11 is 0. The van der Waals surface area contributed by atoms with Gasteiger partial charge in [-0.15, -0.1) is 0 Å². The van der Waals surface area contributed by atoms with Crippen LogP contribution in [0, 0.1) is 6.92 Å². The molecule has 2 aliphatic rings. The summed E-state index contributed by atoms with van der Waals surface area (Å²) in [6.07, 6.45) is 3.53. The zero-order valence-electron chi connectivity index (χ0n) is 15.4. The predicted molar refractivity (Wildman–Crippen MR) is 106 cm³/mol. The van der Waals surface area contributed by atoms with Crippen molar-refractivity contribution in [2.45, 2.75) is 42.9 Å². The number of aryl methyl sites for hydroxylation is 1. The number of urea groups is 1. The first kappa shape index (κ1) is 18.5. The first-order chi connectivity index (χ1) is 13.3. The van der Waals surface area contributed by atoms with Crippen LogP contribution in [0.15, 0.2) is 47.4 Å². The van der Waals surface area contributed by atoms with Crippen molar-refractivity contribution >= 4 is 33.3 Å². The highest BCUT2D eigenvalue weighted by atomic mass is 32.2. The van der Waals surface area contributed by atoms with Crippen LogP contribution in [0.2, 0.25) is 0 Å². The number of carbonyl (C=O) groups excluding carboxylic acids is 2. The Bertz CT molecular complexity index is 1060. The van der Waals surface area contributed by atoms with E-state index in [0.29, 0.717) is 5.69 Å². The van der Waals surface area contributed by atoms with Crippen molar-refractivity contribution in [2.24, 2.45) is 0 Å². The van der Waals surface area contributed by atoms with Crippen LogP contribution in [0.4, 0.5) is 16.2 Å². The molecule has 3 N–H and O–H groups in total. The van der Waals surface area contributed by atoms with Gasteiger partial charge in [-0.1, -0.05) is 30.5 Å². The van der Waals surface area contributed by atoms with Crippen molar-refractivity contribution in [3.63, 3.8) is 0 Å². The van der Waals surface area contributed by atoms with Gasteiger partial charge in [0.1, 0.15) is 0 Å². The standard InChI is InChI=1S/C20H21N3O4S/c1-13-4-7-15(8-5-13)28(26,27)23-19(25)21-14-6-9-17-16(12-14)20(18(24)22-17)10-2-3-11-20/h4-9,12H,2-3,10-11H2,1H3,(H,22,24)(H2,21,23,25). The van der Waals surface area contributed by atoms with Gasteiger partial charge in [0, 0.05) is 11.4 Å². The Morgan fingerprint density at radius 1 is 1.07 bits per heavy atom. The number of amides is 3. The molecular weight excluding hydrogens is 378 g/mol. The lowest BCUT2D eigenvalue weighted by atomic mass is 9.80. The topological polar surface area (TPSA) is 104 Å².